The van der Waals surface area contributed by atoms with Crippen LogP contribution in [0.25, 0.3) is 33.2 Å². The second-order valence-corrected chi connectivity index (χ2v) is 21.9. The van der Waals surface area contributed by atoms with E-state index in [1.165, 1.54) is 14.6 Å². The minimum atomic E-state index is -2.49. The lowest BCUT2D eigenvalue weighted by Crippen LogP contribution is -2.51. The molecule has 5 aromatic carbocycles. The van der Waals surface area contributed by atoms with E-state index in [1.807, 2.05) is 97.2 Å². The van der Waals surface area contributed by atoms with Crippen molar-refractivity contribution in [1.82, 2.24) is 34.6 Å². The minimum Gasteiger partial charge on any atom is -0.497 e. The first-order valence-electron chi connectivity index (χ1n) is 21.3. The summed E-state index contributed by atoms with van der Waals surface area (Å²) in [6.07, 6.45) is 2.44. The van der Waals surface area contributed by atoms with Gasteiger partial charge in [0.05, 0.1) is 72.4 Å². The van der Waals surface area contributed by atoms with Gasteiger partial charge in [-0.2, -0.15) is 0 Å². The van der Waals surface area contributed by atoms with E-state index in [0.717, 1.165) is 16.8 Å². The van der Waals surface area contributed by atoms with Crippen LogP contribution in [0.2, 0.25) is 18.6 Å². The summed E-state index contributed by atoms with van der Waals surface area (Å²) in [5.41, 5.74) is 3.77. The number of rotatable bonds is 12. The molecule has 0 unspecified atom stereocenters. The van der Waals surface area contributed by atoms with E-state index in [0.29, 0.717) is 64.0 Å². The number of para-hydroxylation sites is 2. The van der Waals surface area contributed by atoms with E-state index in [1.54, 1.807) is 28.8 Å². The number of hydrogen-bond donors (Lipinski definition) is 3. The molecule has 4 atom stereocenters. The number of aryl methyl sites for hydroxylation is 1. The first kappa shape index (κ1) is 40.3. The minimum absolute atomic E-state index is 0.0232. The highest BCUT2D eigenvalue weighted by Crippen LogP contribution is 2.60. The summed E-state index contributed by atoms with van der Waals surface area (Å²) in [7, 11) is -0.836. The molecule has 63 heavy (non-hydrogen) atoms. The molecule has 320 valence electrons. The molecule has 8 aromatic rings. The SMILES string of the molecule is COc1ccc([Si](C)(C)[C@H]2[C@H](CCn3cc(CCO)nn3)O[C@@]3(C(=O)N(Cc4cccc(-n5[nH]c6ccccc6c5=O)c4)c4ccc(-n5[nH]c6ccccc6c5=O)cc43)[C@@H]2C)cc1. The Balaban J connectivity index is 1.10. The van der Waals surface area contributed by atoms with Crippen molar-refractivity contribution in [3.8, 4) is 17.1 Å². The van der Waals surface area contributed by atoms with Crippen LogP contribution in [0.5, 0.6) is 5.75 Å². The molecule has 3 N–H and O–H groups in total. The van der Waals surface area contributed by atoms with Gasteiger partial charge in [-0.05, 0) is 84.3 Å². The molecule has 0 aliphatic carbocycles. The lowest BCUT2D eigenvalue weighted by molar-refractivity contribution is -0.146. The van der Waals surface area contributed by atoms with Gasteiger partial charge >= 0.3 is 0 Å². The molecule has 2 aliphatic heterocycles. The molecule has 0 bridgehead atoms. The normalized spacial score (nSPS) is 19.8. The van der Waals surface area contributed by atoms with Gasteiger partial charge < -0.3 is 19.5 Å². The predicted octanol–water partition coefficient (Wildman–Crippen LogP) is 5.94. The van der Waals surface area contributed by atoms with Crippen LogP contribution in [0.15, 0.2) is 131 Å². The Labute approximate surface area is 363 Å². The Morgan fingerprint density at radius 1 is 0.825 bits per heavy atom. The van der Waals surface area contributed by atoms with Gasteiger partial charge in [-0.3, -0.25) is 29.3 Å². The number of aromatic nitrogens is 7. The number of amides is 1. The number of aliphatic hydroxyl groups is 1. The first-order chi connectivity index (χ1) is 30.5. The average molecular weight is 861 g/mol. The highest BCUT2D eigenvalue weighted by atomic mass is 28.3. The fourth-order valence-electron chi connectivity index (χ4n) is 10.3. The van der Waals surface area contributed by atoms with Crippen LogP contribution in [-0.2, 0) is 34.6 Å². The molecule has 0 radical (unpaired) electrons. The third-order valence-corrected chi connectivity index (χ3v) is 17.7. The zero-order valence-corrected chi connectivity index (χ0v) is 36.5. The number of hydrogen-bond acceptors (Lipinski definition) is 8. The highest BCUT2D eigenvalue weighted by molar-refractivity contribution is 6.91. The standard InChI is InChI=1S/C48H48N8O6Si/c1-30-44(63(3,4)36-19-17-35(61-2)18-20-36)43(22-24-53-29-32(23-25-57)49-52-53)62-48(30)39-27-34(56-46(59)38-13-6-8-15-41(38)51-56)16-21-42(39)54(47(48)60)28-31-10-9-11-33(26-31)55-45(58)37-12-5-7-14-40(37)50-55/h5-21,26-27,29-30,43-44,50-51,57H,22-25,28H2,1-4H3/t30-,43+,44-,48+/m1/s1. The number of fused-ring (bicyclic) bond motifs is 4. The molecule has 1 saturated heterocycles. The number of benzene rings is 5. The molecule has 3 aromatic heterocycles. The van der Waals surface area contributed by atoms with Crippen molar-refractivity contribution in [2.75, 3.05) is 18.6 Å². The number of aromatic amines is 2. The Bertz CT molecular complexity index is 3150. The van der Waals surface area contributed by atoms with Crippen molar-refractivity contribution in [3.05, 3.63) is 159 Å². The fraction of sp³-hybridized carbons (Fsp3) is 0.271. The van der Waals surface area contributed by atoms with Crippen molar-refractivity contribution < 1.29 is 19.4 Å². The summed E-state index contributed by atoms with van der Waals surface area (Å²) in [4.78, 5) is 44.9. The van der Waals surface area contributed by atoms with Crippen LogP contribution in [0.4, 0.5) is 5.69 Å². The van der Waals surface area contributed by atoms with Gasteiger partial charge in [-0.1, -0.05) is 78.9 Å². The quantitative estimate of drug-likeness (QED) is 0.127. The fourth-order valence-corrected chi connectivity index (χ4v) is 14.3. The molecule has 1 spiro atoms. The number of aliphatic hydroxyl groups excluding tert-OH is 1. The molecule has 10 rings (SSSR count). The van der Waals surface area contributed by atoms with E-state index in [4.69, 9.17) is 9.47 Å². The summed E-state index contributed by atoms with van der Waals surface area (Å²) >= 11 is 0. The van der Waals surface area contributed by atoms with Gasteiger partial charge in [0.15, 0.2) is 5.60 Å². The largest absolute Gasteiger partial charge is 0.497 e. The Morgan fingerprint density at radius 2 is 1.49 bits per heavy atom. The molecule has 2 aliphatic rings. The second-order valence-electron chi connectivity index (χ2n) is 17.3. The number of H-pyrrole nitrogens is 2. The van der Waals surface area contributed by atoms with Crippen molar-refractivity contribution in [1.29, 1.82) is 0 Å². The summed E-state index contributed by atoms with van der Waals surface area (Å²) in [5, 5.41) is 27.0. The first-order valence-corrected chi connectivity index (χ1v) is 24.4. The summed E-state index contributed by atoms with van der Waals surface area (Å²) < 4.78 is 17.8. The van der Waals surface area contributed by atoms with Gasteiger partial charge in [-0.25, -0.2) is 9.36 Å². The molecular formula is C48H48N8O6Si. The summed E-state index contributed by atoms with van der Waals surface area (Å²) in [5.74, 6) is 0.275. The zero-order chi connectivity index (χ0) is 43.6. The number of nitrogens with one attached hydrogen (secondary N) is 2. The number of ether oxygens (including phenoxy) is 2. The third kappa shape index (κ3) is 6.57. The van der Waals surface area contributed by atoms with E-state index >= 15 is 4.79 Å². The number of anilines is 1. The Kier molecular flexibility index (Phi) is 9.92. The van der Waals surface area contributed by atoms with Crippen molar-refractivity contribution in [2.24, 2.45) is 5.92 Å². The monoisotopic (exact) mass is 860 g/mol. The van der Waals surface area contributed by atoms with Crippen molar-refractivity contribution >= 4 is 46.7 Å². The van der Waals surface area contributed by atoms with Gasteiger partial charge in [-0.15, -0.1) is 5.10 Å². The van der Waals surface area contributed by atoms with Crippen LogP contribution in [0.3, 0.4) is 0 Å². The maximum atomic E-state index is 15.8. The van der Waals surface area contributed by atoms with Gasteiger partial charge in [0.2, 0.25) is 0 Å². The van der Waals surface area contributed by atoms with E-state index in [9.17, 15) is 14.7 Å². The van der Waals surface area contributed by atoms with Crippen LogP contribution < -0.4 is 25.9 Å². The number of carbonyl (C=O) groups is 1. The van der Waals surface area contributed by atoms with Crippen LogP contribution in [0.1, 0.15) is 30.2 Å². The summed E-state index contributed by atoms with van der Waals surface area (Å²) in [6.45, 7) is 7.51. The van der Waals surface area contributed by atoms with Crippen molar-refractivity contribution in [2.45, 2.75) is 63.2 Å². The molecular weight excluding hydrogens is 813 g/mol. The smallest absolute Gasteiger partial charge is 0.279 e. The summed E-state index contributed by atoms with van der Waals surface area (Å²) in [6, 6.07) is 36.5. The molecule has 1 amide bonds. The molecule has 5 heterocycles. The maximum absolute atomic E-state index is 15.8. The lowest BCUT2D eigenvalue weighted by atomic mass is 9.82. The average Bonchev–Trinajstić information content (AvgIpc) is 4.10. The number of methoxy groups -OCH3 is 1. The highest BCUT2D eigenvalue weighted by Gasteiger charge is 2.66. The molecule has 15 heteroatoms. The van der Waals surface area contributed by atoms with E-state index < -0.39 is 13.7 Å². The zero-order valence-electron chi connectivity index (χ0n) is 35.5. The Morgan fingerprint density at radius 3 is 2.14 bits per heavy atom. The van der Waals surface area contributed by atoms with E-state index in [2.05, 4.69) is 52.7 Å². The molecule has 1 fully saturated rings. The number of carbonyl (C=O) groups excluding carboxylic acids is 1. The third-order valence-electron chi connectivity index (χ3n) is 13.4. The predicted molar refractivity (Wildman–Crippen MR) is 244 cm³/mol. The molecule has 14 nitrogen and oxygen atoms in total. The van der Waals surface area contributed by atoms with Crippen LogP contribution in [0, 0.1) is 5.92 Å². The van der Waals surface area contributed by atoms with Gasteiger partial charge in [0.25, 0.3) is 17.0 Å². The molecule has 0 saturated carbocycles. The van der Waals surface area contributed by atoms with Gasteiger partial charge in [0.1, 0.15) is 5.75 Å². The number of nitrogens with zero attached hydrogens (tertiary/aromatic N) is 6. The topological polar surface area (TPSA) is 165 Å². The Hall–Kier alpha value is -6.81. The van der Waals surface area contributed by atoms with Crippen LogP contribution in [-0.4, -0.2) is 73.5 Å². The maximum Gasteiger partial charge on any atom is 0.279 e. The van der Waals surface area contributed by atoms with Crippen molar-refractivity contribution in [3.63, 3.8) is 0 Å². The van der Waals surface area contributed by atoms with Crippen LogP contribution >= 0.6 is 0 Å². The van der Waals surface area contributed by atoms with Gasteiger partial charge in [0, 0.05) is 37.3 Å². The second kappa shape index (κ2) is 15.5. The lowest BCUT2D eigenvalue weighted by Gasteiger charge is -2.37. The van der Waals surface area contributed by atoms with E-state index in [-0.39, 0.29) is 47.7 Å².